The second-order valence-corrected chi connectivity index (χ2v) is 6.78. The van der Waals surface area contributed by atoms with Crippen LogP contribution in [-0.4, -0.2) is 16.5 Å². The Bertz CT molecular complexity index is 934. The molecule has 0 spiro atoms. The van der Waals surface area contributed by atoms with E-state index in [-0.39, 0.29) is 0 Å². The molecule has 4 rings (SSSR count). The van der Waals surface area contributed by atoms with E-state index in [9.17, 15) is 0 Å². The van der Waals surface area contributed by atoms with Gasteiger partial charge in [0.05, 0.1) is 0 Å². The third kappa shape index (κ3) is 3.20. The molecule has 3 aromatic rings. The Kier molecular flexibility index (Phi) is 4.21. The Labute approximate surface area is 153 Å². The lowest BCUT2D eigenvalue weighted by Crippen LogP contribution is -2.31. The molecule has 0 atom stereocenters. The first-order chi connectivity index (χ1) is 12.6. The molecule has 2 aromatic carbocycles. The van der Waals surface area contributed by atoms with Gasteiger partial charge >= 0.3 is 0 Å². The first-order valence-electron chi connectivity index (χ1n) is 8.78. The fourth-order valence-electron chi connectivity index (χ4n) is 3.48. The fraction of sp³-hybridized carbons (Fsp3) is 0.238. The van der Waals surface area contributed by atoms with Gasteiger partial charge in [0, 0.05) is 13.1 Å². The van der Waals surface area contributed by atoms with E-state index in [1.165, 1.54) is 17.5 Å². The number of ether oxygens (including phenoxy) is 1. The number of nitrogen functional groups attached to an aromatic ring is 1. The summed E-state index contributed by atoms with van der Waals surface area (Å²) in [5.41, 5.74) is 11.8. The Morgan fingerprint density at radius 3 is 2.50 bits per heavy atom. The van der Waals surface area contributed by atoms with Crippen molar-refractivity contribution in [1.82, 2.24) is 9.97 Å². The molecule has 132 valence electrons. The van der Waals surface area contributed by atoms with Crippen molar-refractivity contribution in [2.75, 3.05) is 17.2 Å². The third-order valence-electron chi connectivity index (χ3n) is 4.67. The summed E-state index contributed by atoms with van der Waals surface area (Å²) in [4.78, 5) is 10.9. The van der Waals surface area contributed by atoms with E-state index < -0.39 is 0 Å². The smallest absolute Gasteiger partial charge is 0.248 e. The number of nitrogens with zero attached hydrogens (tertiary/aromatic N) is 3. The second kappa shape index (κ2) is 6.67. The largest absolute Gasteiger partial charge is 0.437 e. The van der Waals surface area contributed by atoms with Crippen molar-refractivity contribution < 1.29 is 4.74 Å². The summed E-state index contributed by atoms with van der Waals surface area (Å²) < 4.78 is 5.97. The molecule has 5 nitrogen and oxygen atoms in total. The minimum atomic E-state index is 0.402. The molecule has 5 heteroatoms. The molecule has 1 aromatic heterocycles. The summed E-state index contributed by atoms with van der Waals surface area (Å²) in [6.07, 6.45) is 2.50. The molecule has 0 bridgehead atoms. The van der Waals surface area contributed by atoms with Gasteiger partial charge in [-0.3, -0.25) is 0 Å². The fourth-order valence-corrected chi connectivity index (χ4v) is 3.48. The number of fused-ring (bicyclic) bond motifs is 1. The monoisotopic (exact) mass is 346 g/mol. The Morgan fingerprint density at radius 1 is 1.00 bits per heavy atom. The van der Waals surface area contributed by atoms with E-state index in [0.29, 0.717) is 11.6 Å². The average Bonchev–Trinajstić information content (AvgIpc) is 2.62. The summed E-state index contributed by atoms with van der Waals surface area (Å²) in [6, 6.07) is 14.6. The molecule has 1 aliphatic rings. The molecule has 0 radical (unpaired) electrons. The topological polar surface area (TPSA) is 64.3 Å². The van der Waals surface area contributed by atoms with Crippen LogP contribution in [-0.2, 0) is 13.0 Å². The molecule has 26 heavy (non-hydrogen) atoms. The van der Waals surface area contributed by atoms with Crippen LogP contribution in [0, 0.1) is 13.8 Å². The molecule has 0 fully saturated rings. The highest BCUT2D eigenvalue weighted by Gasteiger charge is 2.21. The zero-order valence-corrected chi connectivity index (χ0v) is 15.1. The van der Waals surface area contributed by atoms with Crippen LogP contribution in [0.2, 0.25) is 0 Å². The third-order valence-corrected chi connectivity index (χ3v) is 4.67. The Morgan fingerprint density at radius 2 is 1.73 bits per heavy atom. The number of aromatic nitrogens is 2. The number of aryl methyl sites for hydroxylation is 2. The van der Waals surface area contributed by atoms with Gasteiger partial charge in [0.2, 0.25) is 5.88 Å². The zero-order chi connectivity index (χ0) is 18.1. The Balaban J connectivity index is 1.62. The summed E-state index contributed by atoms with van der Waals surface area (Å²) in [6.45, 7) is 5.75. The van der Waals surface area contributed by atoms with Gasteiger partial charge in [0.15, 0.2) is 5.82 Å². The molecule has 2 N–H and O–H groups in total. The number of hydrogen-bond acceptors (Lipinski definition) is 5. The van der Waals surface area contributed by atoms with Crippen molar-refractivity contribution >= 4 is 11.5 Å². The SMILES string of the molecule is Cc1cc(C)cc(Oc2ncnc(N3CCc4ccccc4C3)c2N)c1. The van der Waals surface area contributed by atoms with Gasteiger partial charge in [-0.1, -0.05) is 30.3 Å². The van der Waals surface area contributed by atoms with Crippen LogP contribution in [0.4, 0.5) is 11.5 Å². The average molecular weight is 346 g/mol. The molecule has 0 amide bonds. The van der Waals surface area contributed by atoms with Crippen LogP contribution >= 0.6 is 0 Å². The molecular formula is C21H22N4O. The minimum absolute atomic E-state index is 0.402. The minimum Gasteiger partial charge on any atom is -0.437 e. The van der Waals surface area contributed by atoms with E-state index >= 15 is 0 Å². The first kappa shape index (κ1) is 16.4. The van der Waals surface area contributed by atoms with Gasteiger partial charge < -0.3 is 15.4 Å². The van der Waals surface area contributed by atoms with E-state index in [1.807, 2.05) is 26.0 Å². The van der Waals surface area contributed by atoms with Gasteiger partial charge in [-0.15, -0.1) is 0 Å². The predicted molar refractivity (Wildman–Crippen MR) is 104 cm³/mol. The summed E-state index contributed by atoms with van der Waals surface area (Å²) in [5, 5.41) is 0. The quantitative estimate of drug-likeness (QED) is 0.776. The molecule has 0 saturated carbocycles. The lowest BCUT2D eigenvalue weighted by molar-refractivity contribution is 0.463. The van der Waals surface area contributed by atoms with Crippen LogP contribution in [0.15, 0.2) is 48.8 Å². The maximum atomic E-state index is 6.37. The number of nitrogens with two attached hydrogens (primary N) is 1. The van der Waals surface area contributed by atoms with Crippen LogP contribution in [0.3, 0.4) is 0 Å². The predicted octanol–water partition coefficient (Wildman–Crippen LogP) is 4.03. The molecule has 2 heterocycles. The highest BCUT2D eigenvalue weighted by Crippen LogP contribution is 2.34. The molecular weight excluding hydrogens is 324 g/mol. The molecule has 0 aliphatic carbocycles. The van der Waals surface area contributed by atoms with Gasteiger partial charge in [0.25, 0.3) is 0 Å². The van der Waals surface area contributed by atoms with E-state index in [1.54, 1.807) is 0 Å². The van der Waals surface area contributed by atoms with Crippen molar-refractivity contribution in [3.63, 3.8) is 0 Å². The highest BCUT2D eigenvalue weighted by atomic mass is 16.5. The number of anilines is 2. The van der Waals surface area contributed by atoms with Gasteiger partial charge in [-0.05, 0) is 54.7 Å². The van der Waals surface area contributed by atoms with Crippen molar-refractivity contribution in [2.24, 2.45) is 0 Å². The maximum Gasteiger partial charge on any atom is 0.248 e. The zero-order valence-electron chi connectivity index (χ0n) is 15.1. The van der Waals surface area contributed by atoms with E-state index in [4.69, 9.17) is 10.5 Å². The number of hydrogen-bond donors (Lipinski definition) is 1. The van der Waals surface area contributed by atoms with Crippen molar-refractivity contribution in [1.29, 1.82) is 0 Å². The normalized spacial score (nSPS) is 13.4. The lowest BCUT2D eigenvalue weighted by Gasteiger charge is -2.30. The maximum absolute atomic E-state index is 6.37. The second-order valence-electron chi connectivity index (χ2n) is 6.78. The van der Waals surface area contributed by atoms with E-state index in [0.717, 1.165) is 42.2 Å². The molecule has 0 saturated heterocycles. The molecule has 0 unspecified atom stereocenters. The van der Waals surface area contributed by atoms with Crippen molar-refractivity contribution in [3.05, 3.63) is 71.0 Å². The highest BCUT2D eigenvalue weighted by molar-refractivity contribution is 5.69. The van der Waals surface area contributed by atoms with Gasteiger partial charge in [0.1, 0.15) is 17.8 Å². The van der Waals surface area contributed by atoms with Gasteiger partial charge in [-0.25, -0.2) is 4.98 Å². The van der Waals surface area contributed by atoms with Crippen LogP contribution in [0.5, 0.6) is 11.6 Å². The van der Waals surface area contributed by atoms with Crippen LogP contribution in [0.25, 0.3) is 0 Å². The number of rotatable bonds is 3. The first-order valence-corrected chi connectivity index (χ1v) is 8.78. The van der Waals surface area contributed by atoms with Crippen LogP contribution < -0.4 is 15.4 Å². The number of benzene rings is 2. The molecule has 1 aliphatic heterocycles. The van der Waals surface area contributed by atoms with E-state index in [2.05, 4.69) is 45.2 Å². The van der Waals surface area contributed by atoms with Crippen molar-refractivity contribution in [3.8, 4) is 11.6 Å². The van der Waals surface area contributed by atoms with Crippen LogP contribution in [0.1, 0.15) is 22.3 Å². The Hall–Kier alpha value is -3.08. The summed E-state index contributed by atoms with van der Waals surface area (Å²) in [5.74, 6) is 1.87. The standard InChI is InChI=1S/C21H22N4O/c1-14-9-15(2)11-18(10-14)26-21-19(22)20(23-13-24-21)25-8-7-16-5-3-4-6-17(16)12-25/h3-6,9-11,13H,7-8,12,22H2,1-2H3. The lowest BCUT2D eigenvalue weighted by atomic mass is 10.00. The van der Waals surface area contributed by atoms with Crippen molar-refractivity contribution in [2.45, 2.75) is 26.8 Å². The van der Waals surface area contributed by atoms with Gasteiger partial charge in [-0.2, -0.15) is 4.98 Å². The summed E-state index contributed by atoms with van der Waals surface area (Å²) >= 11 is 0. The summed E-state index contributed by atoms with van der Waals surface area (Å²) in [7, 11) is 0.